The maximum atomic E-state index is 13.1. The van der Waals surface area contributed by atoms with Crippen LogP contribution in [-0.4, -0.2) is 53.8 Å². The normalized spacial score (nSPS) is 28.2. The third kappa shape index (κ3) is 2.70. The SMILES string of the molecule is O=C(NC12CC(C(=O)O)(C1)C2)c1sc(N2CCOCC2)nc1-c1ccccc1. The zero-order valence-electron chi connectivity index (χ0n) is 15.3. The second kappa shape index (κ2) is 6.28. The Hall–Kier alpha value is -2.45. The van der Waals surface area contributed by atoms with E-state index in [-0.39, 0.29) is 11.4 Å². The van der Waals surface area contributed by atoms with Gasteiger partial charge in [-0.3, -0.25) is 9.59 Å². The number of amides is 1. The summed E-state index contributed by atoms with van der Waals surface area (Å²) < 4.78 is 5.42. The first-order valence-corrected chi connectivity index (χ1v) is 10.3. The standard InChI is InChI=1S/C20H21N3O4S/c24-16(22-20-10-19(11-20,12-20)17(25)26)15-14(13-4-2-1-3-5-13)21-18(28-15)23-6-8-27-9-7-23/h1-5H,6-12H2,(H,22,24)(H,25,26). The summed E-state index contributed by atoms with van der Waals surface area (Å²) in [7, 11) is 0. The number of anilines is 1. The molecule has 1 saturated heterocycles. The van der Waals surface area contributed by atoms with Gasteiger partial charge >= 0.3 is 5.97 Å². The van der Waals surface area contributed by atoms with Gasteiger partial charge in [-0.05, 0) is 19.3 Å². The number of thiazole rings is 1. The summed E-state index contributed by atoms with van der Waals surface area (Å²) in [6.45, 7) is 2.83. The lowest BCUT2D eigenvalue weighted by molar-refractivity contribution is -0.196. The maximum Gasteiger partial charge on any atom is 0.309 e. The van der Waals surface area contributed by atoms with Crippen LogP contribution in [0.15, 0.2) is 30.3 Å². The van der Waals surface area contributed by atoms with Crippen LogP contribution in [0.5, 0.6) is 0 Å². The molecular weight excluding hydrogens is 378 g/mol. The van der Waals surface area contributed by atoms with Crippen LogP contribution in [0.1, 0.15) is 28.9 Å². The van der Waals surface area contributed by atoms with Gasteiger partial charge < -0.3 is 20.1 Å². The number of aromatic nitrogens is 1. The first kappa shape index (κ1) is 17.6. The number of ether oxygens (including phenoxy) is 1. The molecule has 3 aliphatic carbocycles. The molecule has 3 saturated carbocycles. The number of rotatable bonds is 5. The summed E-state index contributed by atoms with van der Waals surface area (Å²) in [5, 5.41) is 13.2. The van der Waals surface area contributed by atoms with Gasteiger partial charge in [0.25, 0.3) is 5.91 Å². The molecule has 146 valence electrons. The van der Waals surface area contributed by atoms with Gasteiger partial charge in [0.2, 0.25) is 0 Å². The van der Waals surface area contributed by atoms with Crippen LogP contribution >= 0.6 is 11.3 Å². The smallest absolute Gasteiger partial charge is 0.309 e. The summed E-state index contributed by atoms with van der Waals surface area (Å²) >= 11 is 1.40. The Morgan fingerprint density at radius 2 is 1.82 bits per heavy atom. The third-order valence-corrected chi connectivity index (χ3v) is 7.13. The molecule has 0 atom stereocenters. The number of nitrogens with one attached hydrogen (secondary N) is 1. The zero-order chi connectivity index (χ0) is 19.4. The molecular formula is C20H21N3O4S. The van der Waals surface area contributed by atoms with Crippen molar-refractivity contribution in [2.45, 2.75) is 24.8 Å². The molecule has 7 nitrogen and oxygen atoms in total. The van der Waals surface area contributed by atoms with Crippen molar-refractivity contribution in [2.75, 3.05) is 31.2 Å². The van der Waals surface area contributed by atoms with Crippen molar-refractivity contribution in [2.24, 2.45) is 5.41 Å². The fourth-order valence-electron chi connectivity index (χ4n) is 4.59. The van der Waals surface area contributed by atoms with Gasteiger partial charge in [-0.25, -0.2) is 4.98 Å². The number of nitrogens with zero attached hydrogens (tertiary/aromatic N) is 2. The first-order valence-electron chi connectivity index (χ1n) is 9.45. The third-order valence-electron chi connectivity index (χ3n) is 6.01. The van der Waals surface area contributed by atoms with E-state index in [0.29, 0.717) is 43.0 Å². The summed E-state index contributed by atoms with van der Waals surface area (Å²) in [4.78, 5) is 32.0. The predicted octanol–water partition coefficient (Wildman–Crippen LogP) is 2.38. The zero-order valence-corrected chi connectivity index (χ0v) is 16.1. The van der Waals surface area contributed by atoms with E-state index in [1.165, 1.54) is 11.3 Å². The number of aliphatic carboxylic acids is 1. The molecule has 0 radical (unpaired) electrons. The second-order valence-corrected chi connectivity index (χ2v) is 8.97. The van der Waals surface area contributed by atoms with Crippen LogP contribution in [0.4, 0.5) is 5.13 Å². The number of hydrogen-bond donors (Lipinski definition) is 2. The fraction of sp³-hybridized carbons (Fsp3) is 0.450. The highest BCUT2D eigenvalue weighted by Gasteiger charge is 2.72. The maximum absolute atomic E-state index is 13.1. The lowest BCUT2D eigenvalue weighted by Gasteiger charge is -2.67. The molecule has 4 fully saturated rings. The fourth-order valence-corrected chi connectivity index (χ4v) is 5.62. The van der Waals surface area contributed by atoms with E-state index in [0.717, 1.165) is 23.8 Å². The molecule has 1 amide bonds. The molecule has 0 spiro atoms. The van der Waals surface area contributed by atoms with Crippen LogP contribution < -0.4 is 10.2 Å². The van der Waals surface area contributed by atoms with E-state index in [4.69, 9.17) is 9.72 Å². The minimum Gasteiger partial charge on any atom is -0.481 e. The molecule has 2 aromatic rings. The summed E-state index contributed by atoms with van der Waals surface area (Å²) in [6, 6.07) is 9.71. The molecule has 1 aromatic heterocycles. The molecule has 2 heterocycles. The number of benzene rings is 1. The van der Waals surface area contributed by atoms with Crippen LogP contribution in [-0.2, 0) is 9.53 Å². The van der Waals surface area contributed by atoms with Crippen molar-refractivity contribution in [1.82, 2.24) is 10.3 Å². The van der Waals surface area contributed by atoms with E-state index in [9.17, 15) is 14.7 Å². The van der Waals surface area contributed by atoms with Crippen molar-refractivity contribution in [3.8, 4) is 11.3 Å². The predicted molar refractivity (Wildman–Crippen MR) is 105 cm³/mol. The van der Waals surface area contributed by atoms with Crippen LogP contribution in [0.3, 0.4) is 0 Å². The number of morpholine rings is 1. The highest BCUT2D eigenvalue weighted by molar-refractivity contribution is 7.18. The topological polar surface area (TPSA) is 91.8 Å². The Bertz CT molecular complexity index is 916. The number of carboxylic acids is 1. The molecule has 0 unspecified atom stereocenters. The molecule has 1 aromatic carbocycles. The minimum absolute atomic E-state index is 0.158. The van der Waals surface area contributed by atoms with Gasteiger partial charge in [0.15, 0.2) is 5.13 Å². The minimum atomic E-state index is -0.749. The Labute approximate surface area is 166 Å². The Kier molecular flexibility index (Phi) is 3.96. The van der Waals surface area contributed by atoms with E-state index >= 15 is 0 Å². The molecule has 28 heavy (non-hydrogen) atoms. The highest BCUT2D eigenvalue weighted by Crippen LogP contribution is 2.67. The number of carboxylic acid groups (broad SMARTS) is 1. The number of carbonyl (C=O) groups excluding carboxylic acids is 1. The average Bonchev–Trinajstić information content (AvgIpc) is 3.10. The van der Waals surface area contributed by atoms with Crippen molar-refractivity contribution in [3.05, 3.63) is 35.2 Å². The molecule has 8 heteroatoms. The van der Waals surface area contributed by atoms with Crippen molar-refractivity contribution < 1.29 is 19.4 Å². The largest absolute Gasteiger partial charge is 0.481 e. The van der Waals surface area contributed by atoms with Gasteiger partial charge in [0, 0.05) is 24.2 Å². The van der Waals surface area contributed by atoms with Crippen molar-refractivity contribution >= 4 is 28.3 Å². The molecule has 1 aliphatic heterocycles. The molecule has 2 bridgehead atoms. The summed E-state index contributed by atoms with van der Waals surface area (Å²) in [5.41, 5.74) is 0.626. The van der Waals surface area contributed by atoms with E-state index in [1.54, 1.807) is 0 Å². The summed E-state index contributed by atoms with van der Waals surface area (Å²) in [6.07, 6.45) is 1.57. The lowest BCUT2D eigenvalue weighted by Crippen LogP contribution is -2.77. The quantitative estimate of drug-likeness (QED) is 0.802. The number of carbonyl (C=O) groups is 2. The van der Waals surface area contributed by atoms with Crippen molar-refractivity contribution in [1.29, 1.82) is 0 Å². The molecule has 6 rings (SSSR count). The van der Waals surface area contributed by atoms with E-state index in [2.05, 4.69) is 10.2 Å². The lowest BCUT2D eigenvalue weighted by atomic mass is 9.39. The summed E-state index contributed by atoms with van der Waals surface area (Å²) in [5.74, 6) is -0.907. The number of hydrogen-bond acceptors (Lipinski definition) is 6. The monoisotopic (exact) mass is 399 g/mol. The first-order chi connectivity index (χ1) is 13.5. The Morgan fingerprint density at radius 3 is 2.46 bits per heavy atom. The molecule has 4 aliphatic rings. The van der Waals surface area contributed by atoms with Crippen molar-refractivity contribution in [3.63, 3.8) is 0 Å². The van der Waals surface area contributed by atoms with Gasteiger partial charge in [0.1, 0.15) is 4.88 Å². The van der Waals surface area contributed by atoms with Gasteiger partial charge in [-0.1, -0.05) is 41.7 Å². The second-order valence-electron chi connectivity index (χ2n) is 7.99. The average molecular weight is 399 g/mol. The van der Waals surface area contributed by atoms with Crippen LogP contribution in [0.25, 0.3) is 11.3 Å². The van der Waals surface area contributed by atoms with Gasteiger partial charge in [-0.2, -0.15) is 0 Å². The van der Waals surface area contributed by atoms with Gasteiger partial charge in [-0.15, -0.1) is 0 Å². The van der Waals surface area contributed by atoms with E-state index in [1.807, 2.05) is 30.3 Å². The Balaban J connectivity index is 1.42. The van der Waals surface area contributed by atoms with Crippen LogP contribution in [0, 0.1) is 5.41 Å². The van der Waals surface area contributed by atoms with Crippen LogP contribution in [0.2, 0.25) is 0 Å². The molecule has 2 N–H and O–H groups in total. The highest BCUT2D eigenvalue weighted by atomic mass is 32.1. The van der Waals surface area contributed by atoms with Gasteiger partial charge in [0.05, 0.1) is 24.3 Å². The Morgan fingerprint density at radius 1 is 1.14 bits per heavy atom. The van der Waals surface area contributed by atoms with E-state index < -0.39 is 11.4 Å².